The summed E-state index contributed by atoms with van der Waals surface area (Å²) in [6, 6.07) is 5.76. The average Bonchev–Trinajstić information content (AvgIpc) is 3.13. The molecule has 0 aromatic heterocycles. The smallest absolute Gasteiger partial charge is 0.410 e. The van der Waals surface area contributed by atoms with Gasteiger partial charge in [-0.3, -0.25) is 4.79 Å². The van der Waals surface area contributed by atoms with Crippen LogP contribution in [0.15, 0.2) is 18.2 Å². The van der Waals surface area contributed by atoms with Crippen LogP contribution in [0.3, 0.4) is 0 Å². The van der Waals surface area contributed by atoms with Crippen molar-refractivity contribution in [2.24, 2.45) is 0 Å². The molecule has 0 N–H and O–H groups in total. The van der Waals surface area contributed by atoms with Crippen LogP contribution in [0, 0.1) is 0 Å². The number of amides is 2. The maximum absolute atomic E-state index is 13.2. The van der Waals surface area contributed by atoms with E-state index in [0.29, 0.717) is 31.8 Å². The lowest BCUT2D eigenvalue weighted by atomic mass is 10.0. The Labute approximate surface area is 167 Å². The first kappa shape index (κ1) is 20.5. The molecule has 1 aromatic rings. The van der Waals surface area contributed by atoms with Gasteiger partial charge in [0.1, 0.15) is 11.4 Å². The molecule has 0 spiro atoms. The van der Waals surface area contributed by atoms with Gasteiger partial charge in [0.15, 0.2) is 0 Å². The Morgan fingerprint density at radius 3 is 2.75 bits per heavy atom. The fourth-order valence-corrected chi connectivity index (χ4v) is 3.84. The summed E-state index contributed by atoms with van der Waals surface area (Å²) in [5, 5.41) is 0. The Bertz CT molecular complexity index is 726. The van der Waals surface area contributed by atoms with Gasteiger partial charge in [0.05, 0.1) is 18.2 Å². The van der Waals surface area contributed by atoms with Gasteiger partial charge < -0.3 is 19.3 Å². The zero-order valence-electron chi connectivity index (χ0n) is 17.5. The fraction of sp³-hybridized carbons (Fsp3) is 0.636. The predicted octanol–water partition coefficient (Wildman–Crippen LogP) is 3.87. The normalized spacial score (nSPS) is 19.2. The number of hydrogen-bond acceptors (Lipinski definition) is 4. The van der Waals surface area contributed by atoms with Gasteiger partial charge in [-0.2, -0.15) is 0 Å². The van der Waals surface area contributed by atoms with Crippen LogP contribution in [0.2, 0.25) is 0 Å². The topological polar surface area (TPSA) is 59.1 Å². The minimum Gasteiger partial charge on any atom is -0.492 e. The van der Waals surface area contributed by atoms with Crippen molar-refractivity contribution < 1.29 is 19.1 Å². The summed E-state index contributed by atoms with van der Waals surface area (Å²) in [5.41, 5.74) is 1.21. The number of piperazine rings is 1. The van der Waals surface area contributed by atoms with Crippen molar-refractivity contribution in [3.8, 4) is 5.75 Å². The van der Waals surface area contributed by atoms with Crippen molar-refractivity contribution in [1.29, 1.82) is 0 Å². The summed E-state index contributed by atoms with van der Waals surface area (Å²) >= 11 is 0. The Morgan fingerprint density at radius 2 is 2.04 bits per heavy atom. The van der Waals surface area contributed by atoms with Crippen molar-refractivity contribution in [1.82, 2.24) is 9.80 Å². The third kappa shape index (κ3) is 4.59. The second kappa shape index (κ2) is 8.41. The number of hydrogen-bond donors (Lipinski definition) is 0. The van der Waals surface area contributed by atoms with E-state index >= 15 is 0 Å². The van der Waals surface area contributed by atoms with Crippen molar-refractivity contribution >= 4 is 12.0 Å². The third-order valence-electron chi connectivity index (χ3n) is 5.23. The minimum atomic E-state index is -0.527. The molecule has 2 heterocycles. The van der Waals surface area contributed by atoms with Crippen molar-refractivity contribution in [2.45, 2.75) is 65.0 Å². The van der Waals surface area contributed by atoms with Gasteiger partial charge >= 0.3 is 6.09 Å². The molecule has 1 atom stereocenters. The SMILES string of the molecule is CCCC[C@H]1CN(C(=O)c2cccc3c2OCC3)CCN1C(=O)OC(C)(C)C. The van der Waals surface area contributed by atoms with Crippen LogP contribution in [0.4, 0.5) is 4.79 Å². The van der Waals surface area contributed by atoms with Gasteiger partial charge in [0, 0.05) is 26.1 Å². The highest BCUT2D eigenvalue weighted by atomic mass is 16.6. The highest BCUT2D eigenvalue weighted by Crippen LogP contribution is 2.31. The van der Waals surface area contributed by atoms with Gasteiger partial charge in [0.25, 0.3) is 5.91 Å². The molecule has 0 unspecified atom stereocenters. The summed E-state index contributed by atoms with van der Waals surface area (Å²) in [5.74, 6) is 0.719. The number of carbonyl (C=O) groups excluding carboxylic acids is 2. The standard InChI is InChI=1S/C22H32N2O4/c1-5-6-9-17-15-23(12-13-24(17)21(26)28-22(2,3)4)20(25)18-10-7-8-16-11-14-27-19(16)18/h7-8,10,17H,5-6,9,11-15H2,1-4H3/t17-/m0/s1. The zero-order valence-corrected chi connectivity index (χ0v) is 17.5. The number of rotatable bonds is 4. The summed E-state index contributed by atoms with van der Waals surface area (Å²) in [4.78, 5) is 29.5. The van der Waals surface area contributed by atoms with E-state index in [1.165, 1.54) is 0 Å². The van der Waals surface area contributed by atoms with Crippen LogP contribution in [0.25, 0.3) is 0 Å². The molecular formula is C22H32N2O4. The van der Waals surface area contributed by atoms with Crippen LogP contribution < -0.4 is 4.74 Å². The lowest BCUT2D eigenvalue weighted by molar-refractivity contribution is -0.00222. The van der Waals surface area contributed by atoms with Crippen molar-refractivity contribution in [3.05, 3.63) is 29.3 Å². The summed E-state index contributed by atoms with van der Waals surface area (Å²) in [6.07, 6.45) is 3.48. The molecule has 154 valence electrons. The Balaban J connectivity index is 1.74. The van der Waals surface area contributed by atoms with E-state index in [0.717, 1.165) is 37.0 Å². The van der Waals surface area contributed by atoms with Gasteiger partial charge in [0.2, 0.25) is 0 Å². The molecule has 0 saturated carbocycles. The molecule has 2 amide bonds. The molecule has 28 heavy (non-hydrogen) atoms. The van der Waals surface area contributed by atoms with Gasteiger partial charge in [-0.05, 0) is 38.8 Å². The highest BCUT2D eigenvalue weighted by molar-refractivity contribution is 5.97. The zero-order chi connectivity index (χ0) is 20.3. The number of carbonyl (C=O) groups is 2. The lowest BCUT2D eigenvalue weighted by Gasteiger charge is -2.42. The number of benzene rings is 1. The van der Waals surface area contributed by atoms with E-state index in [9.17, 15) is 9.59 Å². The van der Waals surface area contributed by atoms with E-state index in [-0.39, 0.29) is 18.0 Å². The van der Waals surface area contributed by atoms with E-state index in [2.05, 4.69) is 6.92 Å². The van der Waals surface area contributed by atoms with Crippen LogP contribution in [-0.2, 0) is 11.2 Å². The molecule has 6 heteroatoms. The van der Waals surface area contributed by atoms with E-state index in [1.807, 2.05) is 43.9 Å². The van der Waals surface area contributed by atoms with Crippen molar-refractivity contribution in [2.75, 3.05) is 26.2 Å². The van der Waals surface area contributed by atoms with E-state index in [1.54, 1.807) is 4.90 Å². The maximum atomic E-state index is 13.2. The van der Waals surface area contributed by atoms with Gasteiger partial charge in [-0.25, -0.2) is 4.79 Å². The molecule has 6 nitrogen and oxygen atoms in total. The molecule has 0 radical (unpaired) electrons. The molecule has 2 aliphatic heterocycles. The molecular weight excluding hydrogens is 356 g/mol. The van der Waals surface area contributed by atoms with E-state index in [4.69, 9.17) is 9.47 Å². The largest absolute Gasteiger partial charge is 0.492 e. The third-order valence-corrected chi connectivity index (χ3v) is 5.23. The van der Waals surface area contributed by atoms with Gasteiger partial charge in [-0.15, -0.1) is 0 Å². The van der Waals surface area contributed by atoms with Crippen LogP contribution in [0.5, 0.6) is 5.75 Å². The minimum absolute atomic E-state index is 0.0101. The number of fused-ring (bicyclic) bond motifs is 1. The Hall–Kier alpha value is -2.24. The summed E-state index contributed by atoms with van der Waals surface area (Å²) in [7, 11) is 0. The monoisotopic (exact) mass is 388 g/mol. The molecule has 3 rings (SSSR count). The second-order valence-electron chi connectivity index (χ2n) is 8.61. The average molecular weight is 389 g/mol. The number of ether oxygens (including phenoxy) is 2. The predicted molar refractivity (Wildman–Crippen MR) is 108 cm³/mol. The van der Waals surface area contributed by atoms with Gasteiger partial charge in [-0.1, -0.05) is 31.9 Å². The maximum Gasteiger partial charge on any atom is 0.410 e. The summed E-state index contributed by atoms with van der Waals surface area (Å²) < 4.78 is 11.3. The summed E-state index contributed by atoms with van der Waals surface area (Å²) in [6.45, 7) is 9.92. The van der Waals surface area contributed by atoms with Crippen LogP contribution in [0.1, 0.15) is 62.9 Å². The second-order valence-corrected chi connectivity index (χ2v) is 8.61. The highest BCUT2D eigenvalue weighted by Gasteiger charge is 2.35. The molecule has 0 aliphatic carbocycles. The quantitative estimate of drug-likeness (QED) is 0.786. The number of nitrogens with zero attached hydrogens (tertiary/aromatic N) is 2. The molecule has 2 aliphatic rings. The van der Waals surface area contributed by atoms with Crippen molar-refractivity contribution in [3.63, 3.8) is 0 Å². The van der Waals surface area contributed by atoms with Crippen LogP contribution >= 0.6 is 0 Å². The van der Waals surface area contributed by atoms with Crippen LogP contribution in [-0.4, -0.2) is 59.7 Å². The molecule has 1 fully saturated rings. The van der Waals surface area contributed by atoms with E-state index < -0.39 is 5.60 Å². The first-order valence-electron chi connectivity index (χ1n) is 10.3. The Kier molecular flexibility index (Phi) is 6.16. The Morgan fingerprint density at radius 1 is 1.25 bits per heavy atom. The first-order chi connectivity index (χ1) is 13.3. The lowest BCUT2D eigenvalue weighted by Crippen LogP contribution is -2.57. The molecule has 0 bridgehead atoms. The molecule has 1 aromatic carbocycles. The number of unbranched alkanes of at least 4 members (excludes halogenated alkanes) is 1. The molecule has 1 saturated heterocycles. The first-order valence-corrected chi connectivity index (χ1v) is 10.3. The number of para-hydroxylation sites is 1. The fourth-order valence-electron chi connectivity index (χ4n) is 3.84.